The van der Waals surface area contributed by atoms with E-state index in [1.54, 1.807) is 17.1 Å². The van der Waals surface area contributed by atoms with Gasteiger partial charge in [0.2, 0.25) is 0 Å². The third kappa shape index (κ3) is 3.15. The quantitative estimate of drug-likeness (QED) is 0.729. The van der Waals surface area contributed by atoms with Crippen molar-refractivity contribution in [2.45, 2.75) is 0 Å². The fourth-order valence-corrected chi connectivity index (χ4v) is 2.92. The molecule has 1 saturated heterocycles. The van der Waals surface area contributed by atoms with E-state index in [4.69, 9.17) is 10.2 Å². The van der Waals surface area contributed by atoms with Gasteiger partial charge in [0.1, 0.15) is 17.7 Å². The number of anilines is 2. The Hall–Kier alpha value is -3.40. The molecule has 0 spiro atoms. The molecule has 0 bridgehead atoms. The van der Waals surface area contributed by atoms with Gasteiger partial charge in [-0.25, -0.2) is 14.6 Å². The van der Waals surface area contributed by atoms with Crippen LogP contribution in [-0.2, 0) is 0 Å². The Bertz CT molecular complexity index is 873. The lowest BCUT2D eigenvalue weighted by Gasteiger charge is -2.36. The Labute approximate surface area is 145 Å². The van der Waals surface area contributed by atoms with Crippen LogP contribution < -0.4 is 9.80 Å². The van der Waals surface area contributed by atoms with Gasteiger partial charge in [-0.2, -0.15) is 10.4 Å². The number of hydrogen-bond donors (Lipinski definition) is 0. The molecule has 7 nitrogen and oxygen atoms in total. The van der Waals surface area contributed by atoms with Crippen LogP contribution in [0.2, 0.25) is 0 Å². The minimum Gasteiger partial charge on any atom is -0.353 e. The van der Waals surface area contributed by atoms with Crippen molar-refractivity contribution in [2.75, 3.05) is 36.0 Å². The van der Waals surface area contributed by atoms with Crippen LogP contribution in [0.15, 0.2) is 55.0 Å². The second-order valence-electron chi connectivity index (χ2n) is 5.80. The average molecular weight is 331 g/mol. The molecule has 1 aliphatic heterocycles. The zero-order valence-corrected chi connectivity index (χ0v) is 13.7. The van der Waals surface area contributed by atoms with Gasteiger partial charge in [0.25, 0.3) is 0 Å². The Morgan fingerprint density at radius 1 is 0.880 bits per heavy atom. The van der Waals surface area contributed by atoms with Crippen molar-refractivity contribution in [3.63, 3.8) is 0 Å². The first-order valence-corrected chi connectivity index (χ1v) is 8.16. The van der Waals surface area contributed by atoms with Gasteiger partial charge in [0, 0.05) is 44.8 Å². The van der Waals surface area contributed by atoms with E-state index in [2.05, 4.69) is 26.0 Å². The van der Waals surface area contributed by atoms with Crippen LogP contribution in [0.5, 0.6) is 0 Å². The van der Waals surface area contributed by atoms with E-state index in [9.17, 15) is 0 Å². The van der Waals surface area contributed by atoms with Crippen molar-refractivity contribution in [3.05, 3.63) is 60.6 Å². The molecule has 4 heterocycles. The van der Waals surface area contributed by atoms with Crippen molar-refractivity contribution in [3.8, 4) is 11.9 Å². The molecule has 0 saturated carbocycles. The number of aromatic nitrogens is 4. The van der Waals surface area contributed by atoms with Crippen LogP contribution in [-0.4, -0.2) is 45.9 Å². The molecule has 1 aliphatic rings. The minimum absolute atomic E-state index is 0.585. The van der Waals surface area contributed by atoms with E-state index < -0.39 is 0 Å². The summed E-state index contributed by atoms with van der Waals surface area (Å²) in [6, 6.07) is 13.7. The molecule has 0 N–H and O–H groups in total. The highest BCUT2D eigenvalue weighted by Gasteiger charge is 2.19. The Morgan fingerprint density at radius 3 is 2.28 bits per heavy atom. The number of piperazine rings is 1. The number of pyridine rings is 2. The molecule has 0 atom stereocenters. The summed E-state index contributed by atoms with van der Waals surface area (Å²) < 4.78 is 1.76. The van der Waals surface area contributed by atoms with Gasteiger partial charge in [-0.05, 0) is 30.3 Å². The largest absolute Gasteiger partial charge is 0.353 e. The van der Waals surface area contributed by atoms with Crippen LogP contribution in [0.3, 0.4) is 0 Å². The Balaban J connectivity index is 1.45. The normalized spacial score (nSPS) is 14.4. The maximum atomic E-state index is 8.87. The molecule has 0 aliphatic carbocycles. The lowest BCUT2D eigenvalue weighted by molar-refractivity contribution is 0.640. The van der Waals surface area contributed by atoms with E-state index in [-0.39, 0.29) is 0 Å². The molecule has 0 radical (unpaired) electrons. The average Bonchev–Trinajstić information content (AvgIpc) is 3.23. The predicted octanol–water partition coefficient (Wildman–Crippen LogP) is 1.86. The fourth-order valence-electron chi connectivity index (χ4n) is 2.92. The highest BCUT2D eigenvalue weighted by molar-refractivity contribution is 5.47. The minimum atomic E-state index is 0.585. The summed E-state index contributed by atoms with van der Waals surface area (Å²) in [6.07, 6.45) is 5.26. The van der Waals surface area contributed by atoms with Gasteiger partial charge in [-0.1, -0.05) is 6.07 Å². The highest BCUT2D eigenvalue weighted by Crippen LogP contribution is 2.19. The molecule has 0 amide bonds. The third-order valence-electron chi connectivity index (χ3n) is 4.26. The molecule has 3 aromatic heterocycles. The van der Waals surface area contributed by atoms with E-state index >= 15 is 0 Å². The summed E-state index contributed by atoms with van der Waals surface area (Å²) in [4.78, 5) is 13.6. The Kier molecular flexibility index (Phi) is 4.01. The molecule has 4 rings (SSSR count). The summed E-state index contributed by atoms with van der Waals surface area (Å²) in [5.41, 5.74) is 0.585. The van der Waals surface area contributed by atoms with Crippen molar-refractivity contribution in [1.29, 1.82) is 5.26 Å². The van der Waals surface area contributed by atoms with Crippen LogP contribution in [0.1, 0.15) is 5.56 Å². The molecule has 124 valence electrons. The van der Waals surface area contributed by atoms with Crippen LogP contribution >= 0.6 is 0 Å². The van der Waals surface area contributed by atoms with Gasteiger partial charge in [0.15, 0.2) is 5.82 Å². The van der Waals surface area contributed by atoms with E-state index in [1.165, 1.54) is 0 Å². The molecular weight excluding hydrogens is 314 g/mol. The molecule has 0 unspecified atom stereocenters. The summed E-state index contributed by atoms with van der Waals surface area (Å²) in [5.74, 6) is 2.69. The van der Waals surface area contributed by atoms with Gasteiger partial charge in [-0.3, -0.25) is 0 Å². The summed E-state index contributed by atoms with van der Waals surface area (Å²) in [5, 5.41) is 13.1. The lowest BCUT2D eigenvalue weighted by Crippen LogP contribution is -2.47. The predicted molar refractivity (Wildman–Crippen MR) is 94.7 cm³/mol. The van der Waals surface area contributed by atoms with Gasteiger partial charge < -0.3 is 9.80 Å². The first-order chi connectivity index (χ1) is 12.3. The van der Waals surface area contributed by atoms with Crippen molar-refractivity contribution >= 4 is 11.6 Å². The Morgan fingerprint density at radius 2 is 1.64 bits per heavy atom. The second kappa shape index (κ2) is 6.61. The first-order valence-electron chi connectivity index (χ1n) is 8.16. The van der Waals surface area contributed by atoms with Gasteiger partial charge >= 0.3 is 0 Å². The number of nitrogens with zero attached hydrogens (tertiary/aromatic N) is 7. The van der Waals surface area contributed by atoms with Gasteiger partial charge in [0.05, 0.1) is 5.56 Å². The molecule has 7 heteroatoms. The van der Waals surface area contributed by atoms with E-state index in [1.807, 2.05) is 42.6 Å². The standard InChI is InChI=1S/C18H17N7/c19-13-15-5-6-16(20-14-15)23-9-11-24(12-10-23)17-3-1-4-18(22-17)25-8-2-7-21-25/h1-8,14H,9-12H2. The monoisotopic (exact) mass is 331 g/mol. The van der Waals surface area contributed by atoms with Crippen LogP contribution in [0.4, 0.5) is 11.6 Å². The molecule has 0 aromatic carbocycles. The molecule has 3 aromatic rings. The molecular formula is C18H17N7. The first kappa shape index (κ1) is 15.1. The summed E-state index contributed by atoms with van der Waals surface area (Å²) >= 11 is 0. The summed E-state index contributed by atoms with van der Waals surface area (Å²) in [6.45, 7) is 3.48. The molecule has 1 fully saturated rings. The van der Waals surface area contributed by atoms with Crippen molar-refractivity contribution in [1.82, 2.24) is 19.7 Å². The number of nitriles is 1. The number of hydrogen-bond acceptors (Lipinski definition) is 6. The van der Waals surface area contributed by atoms with E-state index in [0.29, 0.717) is 5.56 Å². The zero-order chi connectivity index (χ0) is 17.1. The number of rotatable bonds is 3. The van der Waals surface area contributed by atoms with Crippen molar-refractivity contribution in [2.24, 2.45) is 0 Å². The SMILES string of the molecule is N#Cc1ccc(N2CCN(c3cccc(-n4cccn4)n3)CC2)nc1. The zero-order valence-electron chi connectivity index (χ0n) is 13.7. The summed E-state index contributed by atoms with van der Waals surface area (Å²) in [7, 11) is 0. The smallest absolute Gasteiger partial charge is 0.155 e. The maximum Gasteiger partial charge on any atom is 0.155 e. The van der Waals surface area contributed by atoms with E-state index in [0.717, 1.165) is 43.6 Å². The lowest BCUT2D eigenvalue weighted by atomic mass is 10.2. The van der Waals surface area contributed by atoms with Crippen LogP contribution in [0, 0.1) is 11.3 Å². The molecule has 25 heavy (non-hydrogen) atoms. The van der Waals surface area contributed by atoms with Gasteiger partial charge in [-0.15, -0.1) is 0 Å². The second-order valence-corrected chi connectivity index (χ2v) is 5.80. The van der Waals surface area contributed by atoms with Crippen LogP contribution in [0.25, 0.3) is 5.82 Å². The maximum absolute atomic E-state index is 8.87. The fraction of sp³-hybridized carbons (Fsp3) is 0.222. The highest BCUT2D eigenvalue weighted by atomic mass is 15.3. The van der Waals surface area contributed by atoms with Crippen molar-refractivity contribution < 1.29 is 0 Å². The third-order valence-corrected chi connectivity index (χ3v) is 4.26. The topological polar surface area (TPSA) is 73.9 Å².